The number of aliphatic imine (C=N–C) groups is 1. The van der Waals surface area contributed by atoms with Crippen molar-refractivity contribution in [3.63, 3.8) is 0 Å². The predicted molar refractivity (Wildman–Crippen MR) is 66.3 cm³/mol. The standard InChI is InChI=1S/C10H6BrFN2OS/c11-6-3-5(1-2-7(6)12)4-8-9(15)14-10(13)16-8/h1-4H,(H2,13,14,15)/b8-4-. The molecule has 1 aliphatic rings. The Morgan fingerprint density at radius 3 is 2.81 bits per heavy atom. The lowest BCUT2D eigenvalue weighted by Crippen LogP contribution is -2.01. The Bertz CT molecular complexity index is 528. The predicted octanol–water partition coefficient (Wildman–Crippen LogP) is 2.52. The average Bonchev–Trinajstić information content (AvgIpc) is 2.51. The molecule has 1 aromatic rings. The molecular weight excluding hydrogens is 295 g/mol. The van der Waals surface area contributed by atoms with Gasteiger partial charge >= 0.3 is 0 Å². The Morgan fingerprint density at radius 2 is 2.25 bits per heavy atom. The van der Waals surface area contributed by atoms with E-state index in [-0.39, 0.29) is 16.9 Å². The van der Waals surface area contributed by atoms with E-state index in [9.17, 15) is 9.18 Å². The van der Waals surface area contributed by atoms with Gasteiger partial charge < -0.3 is 5.73 Å². The van der Waals surface area contributed by atoms with Crippen molar-refractivity contribution in [2.24, 2.45) is 10.7 Å². The first-order chi connectivity index (χ1) is 7.56. The molecule has 0 unspecified atom stereocenters. The normalized spacial score (nSPS) is 18.0. The molecule has 1 amide bonds. The molecule has 1 aromatic carbocycles. The average molecular weight is 301 g/mol. The third-order valence-corrected chi connectivity index (χ3v) is 3.30. The largest absolute Gasteiger partial charge is 0.378 e. The van der Waals surface area contributed by atoms with Gasteiger partial charge in [-0.3, -0.25) is 4.79 Å². The van der Waals surface area contributed by atoms with Gasteiger partial charge in [0.2, 0.25) is 0 Å². The van der Waals surface area contributed by atoms with Crippen molar-refractivity contribution in [3.05, 3.63) is 39.0 Å². The topological polar surface area (TPSA) is 55.4 Å². The summed E-state index contributed by atoms with van der Waals surface area (Å²) in [6.45, 7) is 0. The number of carbonyl (C=O) groups excluding carboxylic acids is 1. The van der Waals surface area contributed by atoms with E-state index in [1.54, 1.807) is 18.2 Å². The molecule has 0 saturated carbocycles. The van der Waals surface area contributed by atoms with Gasteiger partial charge in [-0.15, -0.1) is 0 Å². The lowest BCUT2D eigenvalue weighted by molar-refractivity contribution is -0.113. The Hall–Kier alpha value is -1.14. The fraction of sp³-hybridized carbons (Fsp3) is 0. The van der Waals surface area contributed by atoms with Gasteiger partial charge in [-0.25, -0.2) is 4.39 Å². The smallest absolute Gasteiger partial charge is 0.286 e. The molecule has 6 heteroatoms. The number of rotatable bonds is 1. The van der Waals surface area contributed by atoms with Crippen molar-refractivity contribution in [1.82, 2.24) is 0 Å². The van der Waals surface area contributed by atoms with Gasteiger partial charge in [0, 0.05) is 0 Å². The second-order valence-electron chi connectivity index (χ2n) is 3.04. The molecule has 0 fully saturated rings. The summed E-state index contributed by atoms with van der Waals surface area (Å²) < 4.78 is 13.3. The number of nitrogens with two attached hydrogens (primary N) is 1. The Labute approximate surface area is 104 Å². The van der Waals surface area contributed by atoms with E-state index in [4.69, 9.17) is 5.73 Å². The third-order valence-electron chi connectivity index (χ3n) is 1.88. The first-order valence-corrected chi connectivity index (χ1v) is 5.90. The fourth-order valence-corrected chi connectivity index (χ4v) is 2.26. The van der Waals surface area contributed by atoms with E-state index in [2.05, 4.69) is 20.9 Å². The highest BCUT2D eigenvalue weighted by molar-refractivity contribution is 9.10. The molecule has 1 heterocycles. The van der Waals surface area contributed by atoms with Crippen molar-refractivity contribution < 1.29 is 9.18 Å². The minimum Gasteiger partial charge on any atom is -0.378 e. The summed E-state index contributed by atoms with van der Waals surface area (Å²) in [7, 11) is 0. The molecular formula is C10H6BrFN2OS. The number of amides is 1. The Kier molecular flexibility index (Phi) is 3.11. The van der Waals surface area contributed by atoms with Crippen LogP contribution in [0.1, 0.15) is 5.56 Å². The molecule has 2 rings (SSSR count). The molecule has 82 valence electrons. The maximum absolute atomic E-state index is 13.0. The van der Waals surface area contributed by atoms with Crippen LogP contribution in [0.3, 0.4) is 0 Å². The van der Waals surface area contributed by atoms with E-state index >= 15 is 0 Å². The van der Waals surface area contributed by atoms with Crippen LogP contribution in [-0.2, 0) is 4.79 Å². The molecule has 0 bridgehead atoms. The number of carbonyl (C=O) groups is 1. The molecule has 0 spiro atoms. The van der Waals surface area contributed by atoms with E-state index in [0.717, 1.165) is 11.8 Å². The quantitative estimate of drug-likeness (QED) is 0.811. The SMILES string of the molecule is NC1=NC(=O)/C(=C/c2ccc(F)c(Br)c2)S1. The first kappa shape index (κ1) is 11.3. The lowest BCUT2D eigenvalue weighted by Gasteiger charge is -1.98. The second-order valence-corrected chi connectivity index (χ2v) is 4.96. The maximum atomic E-state index is 13.0. The zero-order valence-electron chi connectivity index (χ0n) is 7.91. The highest BCUT2D eigenvalue weighted by Crippen LogP contribution is 2.27. The van der Waals surface area contributed by atoms with Crippen molar-refractivity contribution in [2.75, 3.05) is 0 Å². The second kappa shape index (κ2) is 4.39. The lowest BCUT2D eigenvalue weighted by atomic mass is 10.2. The monoisotopic (exact) mass is 300 g/mol. The van der Waals surface area contributed by atoms with Crippen LogP contribution in [0.4, 0.5) is 4.39 Å². The first-order valence-electron chi connectivity index (χ1n) is 4.29. The van der Waals surface area contributed by atoms with Crippen molar-refractivity contribution >= 4 is 44.8 Å². The summed E-state index contributed by atoms with van der Waals surface area (Å²) in [4.78, 5) is 15.3. The van der Waals surface area contributed by atoms with Gasteiger partial charge in [-0.2, -0.15) is 4.99 Å². The van der Waals surface area contributed by atoms with Crippen LogP contribution < -0.4 is 5.73 Å². The summed E-state index contributed by atoms with van der Waals surface area (Å²) in [5, 5.41) is 0.234. The molecule has 16 heavy (non-hydrogen) atoms. The van der Waals surface area contributed by atoms with Crippen molar-refractivity contribution in [2.45, 2.75) is 0 Å². The van der Waals surface area contributed by atoms with Crippen LogP contribution in [0.15, 0.2) is 32.6 Å². The molecule has 0 atom stereocenters. The van der Waals surface area contributed by atoms with Crippen LogP contribution in [0, 0.1) is 5.82 Å². The van der Waals surface area contributed by atoms with Crippen LogP contribution >= 0.6 is 27.7 Å². The number of nitrogens with zero attached hydrogens (tertiary/aromatic N) is 1. The van der Waals surface area contributed by atoms with Gasteiger partial charge in [0.05, 0.1) is 9.38 Å². The van der Waals surface area contributed by atoms with Gasteiger partial charge in [-0.05, 0) is 51.5 Å². The summed E-state index contributed by atoms with van der Waals surface area (Å²) in [5.74, 6) is -0.703. The molecule has 0 saturated heterocycles. The van der Waals surface area contributed by atoms with Crippen molar-refractivity contribution in [1.29, 1.82) is 0 Å². The van der Waals surface area contributed by atoms with Gasteiger partial charge in [0.25, 0.3) is 5.91 Å². The van der Waals surface area contributed by atoms with Crippen LogP contribution in [0.2, 0.25) is 0 Å². The molecule has 1 aliphatic heterocycles. The van der Waals surface area contributed by atoms with E-state index in [1.807, 2.05) is 0 Å². The van der Waals surface area contributed by atoms with Crippen molar-refractivity contribution in [3.8, 4) is 0 Å². The fourth-order valence-electron chi connectivity index (χ4n) is 1.18. The number of thioether (sulfide) groups is 1. The van der Waals surface area contributed by atoms with Gasteiger partial charge in [0.15, 0.2) is 5.17 Å². The summed E-state index contributed by atoms with van der Waals surface area (Å²) in [6, 6.07) is 4.49. The van der Waals surface area contributed by atoms with E-state index in [1.165, 1.54) is 6.07 Å². The number of benzene rings is 1. The summed E-state index contributed by atoms with van der Waals surface area (Å²) >= 11 is 4.18. The maximum Gasteiger partial charge on any atom is 0.286 e. The van der Waals surface area contributed by atoms with Crippen LogP contribution in [0.25, 0.3) is 6.08 Å². The number of halogens is 2. The molecule has 0 aliphatic carbocycles. The molecule has 0 radical (unpaired) electrons. The summed E-state index contributed by atoms with van der Waals surface area (Å²) in [5.41, 5.74) is 6.12. The van der Waals surface area contributed by atoms with Gasteiger partial charge in [0.1, 0.15) is 5.82 Å². The Morgan fingerprint density at radius 1 is 1.50 bits per heavy atom. The number of hydrogen-bond acceptors (Lipinski definition) is 3. The van der Waals surface area contributed by atoms with Crippen LogP contribution in [-0.4, -0.2) is 11.1 Å². The van der Waals surface area contributed by atoms with Gasteiger partial charge in [-0.1, -0.05) is 6.07 Å². The third kappa shape index (κ3) is 2.33. The minimum atomic E-state index is -0.358. The van der Waals surface area contributed by atoms with E-state index < -0.39 is 0 Å². The highest BCUT2D eigenvalue weighted by atomic mass is 79.9. The van der Waals surface area contributed by atoms with E-state index in [0.29, 0.717) is 14.9 Å². The molecule has 0 aromatic heterocycles. The highest BCUT2D eigenvalue weighted by Gasteiger charge is 2.19. The number of hydrogen-bond donors (Lipinski definition) is 1. The summed E-state index contributed by atoms with van der Waals surface area (Å²) in [6.07, 6.45) is 1.63. The molecule has 2 N–H and O–H groups in total. The van der Waals surface area contributed by atoms with Crippen LogP contribution in [0.5, 0.6) is 0 Å². The zero-order valence-corrected chi connectivity index (χ0v) is 10.3. The molecule has 3 nitrogen and oxygen atoms in total. The zero-order chi connectivity index (χ0) is 11.7. The minimum absolute atomic E-state index is 0.234. The Balaban J connectivity index is 2.31. The number of amidine groups is 1.